The molecule has 1 fully saturated rings. The summed E-state index contributed by atoms with van der Waals surface area (Å²) in [5.74, 6) is 0.846. The van der Waals surface area contributed by atoms with Crippen molar-refractivity contribution in [2.75, 3.05) is 11.9 Å². The van der Waals surface area contributed by atoms with E-state index >= 15 is 0 Å². The Bertz CT molecular complexity index is 1090. The van der Waals surface area contributed by atoms with Gasteiger partial charge < -0.3 is 15.6 Å². The number of carbonyl (C=O) groups is 1. The van der Waals surface area contributed by atoms with Crippen LogP contribution in [0.3, 0.4) is 0 Å². The summed E-state index contributed by atoms with van der Waals surface area (Å²) >= 11 is 0. The normalized spacial score (nSPS) is 24.0. The Labute approximate surface area is 190 Å². The number of anilines is 1. The molecule has 1 unspecified atom stereocenters. The van der Waals surface area contributed by atoms with Gasteiger partial charge in [0, 0.05) is 22.8 Å². The molecule has 0 bridgehead atoms. The van der Waals surface area contributed by atoms with E-state index in [0.717, 1.165) is 35.6 Å². The molecule has 32 heavy (non-hydrogen) atoms. The second-order valence-corrected chi connectivity index (χ2v) is 10.3. The lowest BCUT2D eigenvalue weighted by Crippen LogP contribution is -2.49. The van der Waals surface area contributed by atoms with E-state index in [2.05, 4.69) is 61.2 Å². The molecular formula is C26H35N5O. The smallest absolute Gasteiger partial charge is 0.255 e. The number of imidazole rings is 1. The average molecular weight is 434 g/mol. The number of aromatic nitrogens is 2. The highest BCUT2D eigenvalue weighted by Crippen LogP contribution is 2.23. The second kappa shape index (κ2) is 8.68. The first kappa shape index (κ1) is 22.5. The third kappa shape index (κ3) is 5.37. The van der Waals surface area contributed by atoms with Crippen LogP contribution in [0.2, 0.25) is 0 Å². The number of hydrogen-bond donors (Lipinski definition) is 3. The number of likely N-dealkylation sites (tertiary alicyclic amines) is 1. The minimum Gasteiger partial charge on any atom is -0.341 e. The van der Waals surface area contributed by atoms with Crippen molar-refractivity contribution in [3.8, 4) is 0 Å². The number of amides is 1. The molecule has 1 aromatic carbocycles. The van der Waals surface area contributed by atoms with Crippen LogP contribution in [0.15, 0.2) is 54.2 Å². The zero-order valence-corrected chi connectivity index (χ0v) is 19.8. The van der Waals surface area contributed by atoms with Crippen LogP contribution in [0.25, 0.3) is 11.0 Å². The fourth-order valence-corrected chi connectivity index (χ4v) is 4.61. The van der Waals surface area contributed by atoms with Crippen molar-refractivity contribution >= 4 is 22.6 Å². The van der Waals surface area contributed by atoms with Gasteiger partial charge in [0.15, 0.2) is 0 Å². The minimum atomic E-state index is -0.311. The topological polar surface area (TPSA) is 73.1 Å². The number of hydrogen-bond acceptors (Lipinski definition) is 4. The summed E-state index contributed by atoms with van der Waals surface area (Å²) in [4.78, 5) is 23.5. The first-order valence-electron chi connectivity index (χ1n) is 11.5. The maximum absolute atomic E-state index is 12.9. The van der Waals surface area contributed by atoms with Crippen LogP contribution in [0.5, 0.6) is 0 Å². The Kier molecular flexibility index (Phi) is 6.10. The summed E-state index contributed by atoms with van der Waals surface area (Å²) in [5, 5.41) is 6.61. The number of aromatic amines is 1. The number of allylic oxidation sites excluding steroid dienone is 2. The highest BCUT2D eigenvalue weighted by atomic mass is 16.1. The number of H-pyrrole nitrogens is 1. The van der Waals surface area contributed by atoms with Crippen molar-refractivity contribution in [3.63, 3.8) is 0 Å². The zero-order chi connectivity index (χ0) is 22.9. The van der Waals surface area contributed by atoms with E-state index in [0.29, 0.717) is 11.6 Å². The first-order valence-corrected chi connectivity index (χ1v) is 11.5. The Morgan fingerprint density at radius 1 is 1.31 bits per heavy atom. The summed E-state index contributed by atoms with van der Waals surface area (Å²) in [5.41, 5.74) is 2.89. The third-order valence-electron chi connectivity index (χ3n) is 6.07. The van der Waals surface area contributed by atoms with Crippen LogP contribution in [0, 0.1) is 0 Å². The van der Waals surface area contributed by atoms with Crippen LogP contribution in [0.1, 0.15) is 53.3 Å². The molecule has 6 nitrogen and oxygen atoms in total. The summed E-state index contributed by atoms with van der Waals surface area (Å²) in [7, 11) is 0. The number of rotatable bonds is 5. The van der Waals surface area contributed by atoms with Crippen molar-refractivity contribution in [3.05, 3.63) is 60.0 Å². The molecule has 1 aliphatic carbocycles. The SMILES string of the molecule is C[C@H]1CCCN1Cc1nc2ccc(NC(=O)C3=CC=CC(C)(NC(C)(C)C)C=C3)cc2[nH]1. The van der Waals surface area contributed by atoms with E-state index in [4.69, 9.17) is 4.98 Å². The van der Waals surface area contributed by atoms with Crippen molar-refractivity contribution in [2.24, 2.45) is 0 Å². The van der Waals surface area contributed by atoms with Gasteiger partial charge in [0.1, 0.15) is 5.82 Å². The van der Waals surface area contributed by atoms with Gasteiger partial charge in [0.25, 0.3) is 5.91 Å². The first-order chi connectivity index (χ1) is 15.1. The molecule has 170 valence electrons. The highest BCUT2D eigenvalue weighted by molar-refractivity contribution is 6.06. The van der Waals surface area contributed by atoms with E-state index in [-0.39, 0.29) is 17.0 Å². The molecule has 1 amide bonds. The predicted octanol–water partition coefficient (Wildman–Crippen LogP) is 4.68. The average Bonchev–Trinajstić information content (AvgIpc) is 3.22. The van der Waals surface area contributed by atoms with Crippen LogP contribution < -0.4 is 10.6 Å². The van der Waals surface area contributed by atoms with E-state index in [1.807, 2.05) is 42.5 Å². The van der Waals surface area contributed by atoms with Gasteiger partial charge in [0.05, 0.1) is 23.1 Å². The third-order valence-corrected chi connectivity index (χ3v) is 6.07. The molecular weight excluding hydrogens is 398 g/mol. The summed E-state index contributed by atoms with van der Waals surface area (Å²) < 4.78 is 0. The maximum atomic E-state index is 12.9. The summed E-state index contributed by atoms with van der Waals surface area (Å²) in [6, 6.07) is 6.43. The Hall–Kier alpha value is -2.70. The van der Waals surface area contributed by atoms with Crippen molar-refractivity contribution in [2.45, 2.75) is 71.1 Å². The minimum absolute atomic E-state index is 0.0403. The lowest BCUT2D eigenvalue weighted by molar-refractivity contribution is -0.112. The lowest BCUT2D eigenvalue weighted by Gasteiger charge is -2.33. The fourth-order valence-electron chi connectivity index (χ4n) is 4.61. The zero-order valence-electron chi connectivity index (χ0n) is 19.8. The molecule has 2 aromatic rings. The molecule has 1 saturated heterocycles. The maximum Gasteiger partial charge on any atom is 0.255 e. The molecule has 1 aromatic heterocycles. The molecule has 4 rings (SSSR count). The Morgan fingerprint density at radius 3 is 2.84 bits per heavy atom. The van der Waals surface area contributed by atoms with Gasteiger partial charge in [-0.3, -0.25) is 9.69 Å². The number of carbonyl (C=O) groups excluding carboxylic acids is 1. The number of nitrogens with zero attached hydrogens (tertiary/aromatic N) is 2. The number of benzene rings is 1. The van der Waals surface area contributed by atoms with Gasteiger partial charge in [-0.25, -0.2) is 4.98 Å². The van der Waals surface area contributed by atoms with Gasteiger partial charge >= 0.3 is 0 Å². The molecule has 0 saturated carbocycles. The van der Waals surface area contributed by atoms with Crippen LogP contribution in [0.4, 0.5) is 5.69 Å². The highest BCUT2D eigenvalue weighted by Gasteiger charge is 2.25. The standard InChI is InChI=1S/C26H35N5O/c1-18-8-7-15-31(18)17-23-28-21-11-10-20(16-22(21)29-23)27-24(32)19-9-6-13-26(5,14-12-19)30-25(2,3)4/h6,9-14,16,18,30H,7-8,15,17H2,1-5H3,(H,27,32)(H,28,29)/t18-,26?/m0/s1. The van der Waals surface area contributed by atoms with Gasteiger partial charge in [-0.2, -0.15) is 0 Å². The predicted molar refractivity (Wildman–Crippen MR) is 131 cm³/mol. The second-order valence-electron chi connectivity index (χ2n) is 10.3. The number of fused-ring (bicyclic) bond motifs is 1. The van der Waals surface area contributed by atoms with Gasteiger partial charge in [-0.15, -0.1) is 0 Å². The fraction of sp³-hybridized carbons (Fsp3) is 0.462. The molecule has 1 aliphatic heterocycles. The van der Waals surface area contributed by atoms with Gasteiger partial charge in [-0.1, -0.05) is 24.3 Å². The van der Waals surface area contributed by atoms with Crippen molar-refractivity contribution in [1.82, 2.24) is 20.2 Å². The lowest BCUT2D eigenvalue weighted by atomic mass is 9.96. The van der Waals surface area contributed by atoms with E-state index in [1.165, 1.54) is 12.8 Å². The van der Waals surface area contributed by atoms with Crippen LogP contribution >= 0.6 is 0 Å². The van der Waals surface area contributed by atoms with Crippen molar-refractivity contribution in [1.29, 1.82) is 0 Å². The van der Waals surface area contributed by atoms with Gasteiger partial charge in [-0.05, 0) is 78.3 Å². The molecule has 2 aliphatic rings. The summed E-state index contributed by atoms with van der Waals surface area (Å²) in [6.45, 7) is 12.7. The molecule has 0 spiro atoms. The van der Waals surface area contributed by atoms with Crippen molar-refractivity contribution < 1.29 is 4.79 Å². The quantitative estimate of drug-likeness (QED) is 0.640. The largest absolute Gasteiger partial charge is 0.341 e. The van der Waals surface area contributed by atoms with E-state index in [1.54, 1.807) is 0 Å². The van der Waals surface area contributed by atoms with Crippen LogP contribution in [-0.2, 0) is 11.3 Å². The monoisotopic (exact) mass is 433 g/mol. The van der Waals surface area contributed by atoms with E-state index < -0.39 is 0 Å². The molecule has 2 atom stereocenters. The molecule has 2 heterocycles. The van der Waals surface area contributed by atoms with Crippen LogP contribution in [-0.4, -0.2) is 44.4 Å². The Balaban J connectivity index is 1.44. The van der Waals surface area contributed by atoms with E-state index in [9.17, 15) is 4.79 Å². The number of nitrogens with one attached hydrogen (secondary N) is 3. The molecule has 0 radical (unpaired) electrons. The molecule has 3 N–H and O–H groups in total. The summed E-state index contributed by atoms with van der Waals surface area (Å²) in [6.07, 6.45) is 12.3. The molecule has 6 heteroatoms. The Morgan fingerprint density at radius 2 is 2.12 bits per heavy atom. The van der Waals surface area contributed by atoms with Gasteiger partial charge in [0.2, 0.25) is 0 Å².